The summed E-state index contributed by atoms with van der Waals surface area (Å²) in [7, 11) is 0. The molecule has 17 heavy (non-hydrogen) atoms. The van der Waals surface area contributed by atoms with Crippen molar-refractivity contribution in [2.75, 3.05) is 6.61 Å². The Morgan fingerprint density at radius 3 is 2.59 bits per heavy atom. The van der Waals surface area contributed by atoms with Gasteiger partial charge in [0.05, 0.1) is 11.5 Å². The van der Waals surface area contributed by atoms with Gasteiger partial charge in [0.25, 0.3) is 0 Å². The van der Waals surface area contributed by atoms with Crippen LogP contribution in [-0.2, 0) is 0 Å². The Bertz CT molecular complexity index is 481. The molecule has 0 radical (unpaired) electrons. The van der Waals surface area contributed by atoms with Gasteiger partial charge in [-0.3, -0.25) is 19.7 Å². The molecule has 6 nitrogen and oxygen atoms in total. The Labute approximate surface area is 97.3 Å². The molecule has 0 atom stereocenters. The van der Waals surface area contributed by atoms with E-state index in [1.54, 1.807) is 6.92 Å². The summed E-state index contributed by atoms with van der Waals surface area (Å²) in [6, 6.07) is 2.28. The molecule has 0 aliphatic carbocycles. The van der Waals surface area contributed by atoms with Crippen LogP contribution in [0.5, 0.6) is 5.75 Å². The number of nitrogens with zero attached hydrogens (tertiary/aromatic N) is 1. The van der Waals surface area contributed by atoms with Crippen LogP contribution in [0.25, 0.3) is 0 Å². The summed E-state index contributed by atoms with van der Waals surface area (Å²) < 4.78 is 5.06. The molecular formula is C11H11NO5. The lowest BCUT2D eigenvalue weighted by Crippen LogP contribution is -2.04. The molecule has 0 amide bonds. The zero-order chi connectivity index (χ0) is 13.0. The number of rotatable bonds is 5. The van der Waals surface area contributed by atoms with Gasteiger partial charge in [0.2, 0.25) is 0 Å². The normalized spacial score (nSPS) is 9.76. The zero-order valence-corrected chi connectivity index (χ0v) is 9.43. The van der Waals surface area contributed by atoms with Crippen molar-refractivity contribution in [3.05, 3.63) is 33.4 Å². The van der Waals surface area contributed by atoms with Crippen LogP contribution >= 0.6 is 0 Å². The van der Waals surface area contributed by atoms with Gasteiger partial charge in [-0.15, -0.1) is 0 Å². The van der Waals surface area contributed by atoms with Crippen molar-refractivity contribution in [2.45, 2.75) is 13.8 Å². The Balaban J connectivity index is 3.47. The predicted octanol–water partition coefficient (Wildman–Crippen LogP) is 2.01. The van der Waals surface area contributed by atoms with Crippen LogP contribution in [0.4, 0.5) is 5.69 Å². The topological polar surface area (TPSA) is 86.5 Å². The number of Topliss-reactive ketones (excluding diaryl/α,β-unsaturated/α-hetero) is 1. The molecule has 0 spiro atoms. The Morgan fingerprint density at radius 1 is 1.53 bits per heavy atom. The van der Waals surface area contributed by atoms with E-state index in [0.29, 0.717) is 6.29 Å². The lowest BCUT2D eigenvalue weighted by Gasteiger charge is -2.07. The molecule has 1 rings (SSSR count). The molecule has 0 aliphatic rings. The molecular weight excluding hydrogens is 226 g/mol. The highest BCUT2D eigenvalue weighted by atomic mass is 16.6. The molecule has 0 N–H and O–H groups in total. The molecule has 0 bridgehead atoms. The Kier molecular flexibility index (Phi) is 3.92. The highest BCUT2D eigenvalue weighted by molar-refractivity contribution is 6.02. The van der Waals surface area contributed by atoms with E-state index < -0.39 is 10.7 Å². The maximum Gasteiger partial charge on any atom is 0.311 e. The van der Waals surface area contributed by atoms with E-state index in [4.69, 9.17) is 4.74 Å². The number of hydrogen-bond acceptors (Lipinski definition) is 5. The summed E-state index contributed by atoms with van der Waals surface area (Å²) in [4.78, 5) is 32.2. The van der Waals surface area contributed by atoms with Gasteiger partial charge in [0.15, 0.2) is 17.8 Å². The van der Waals surface area contributed by atoms with Gasteiger partial charge >= 0.3 is 5.69 Å². The van der Waals surface area contributed by atoms with E-state index in [9.17, 15) is 19.7 Å². The van der Waals surface area contributed by atoms with Crippen LogP contribution in [0, 0.1) is 10.1 Å². The smallest absolute Gasteiger partial charge is 0.311 e. The highest BCUT2D eigenvalue weighted by Crippen LogP contribution is 2.30. The minimum absolute atomic E-state index is 0.00963. The fourth-order valence-corrected chi connectivity index (χ4v) is 1.40. The first-order chi connectivity index (χ1) is 8.01. The van der Waals surface area contributed by atoms with Gasteiger partial charge in [0.1, 0.15) is 0 Å². The molecule has 0 aliphatic heterocycles. The van der Waals surface area contributed by atoms with Crippen molar-refractivity contribution in [1.82, 2.24) is 0 Å². The SMILES string of the molecule is CCOc1cc(C=O)c(C(C)=O)cc1[N+](=O)[O-]. The zero-order valence-electron chi connectivity index (χ0n) is 9.43. The fourth-order valence-electron chi connectivity index (χ4n) is 1.40. The number of aldehydes is 1. The molecule has 6 heteroatoms. The third-order valence-corrected chi connectivity index (χ3v) is 2.13. The van der Waals surface area contributed by atoms with Crippen molar-refractivity contribution >= 4 is 17.8 Å². The second kappa shape index (κ2) is 5.20. The summed E-state index contributed by atoms with van der Waals surface area (Å²) >= 11 is 0. The van der Waals surface area contributed by atoms with Gasteiger partial charge in [0, 0.05) is 17.2 Å². The first kappa shape index (κ1) is 12.8. The average molecular weight is 237 g/mol. The second-order valence-corrected chi connectivity index (χ2v) is 3.27. The number of nitro benzene ring substituents is 1. The monoisotopic (exact) mass is 237 g/mol. The number of hydrogen-bond donors (Lipinski definition) is 0. The molecule has 0 saturated carbocycles. The first-order valence-electron chi connectivity index (χ1n) is 4.92. The van der Waals surface area contributed by atoms with Crippen LogP contribution in [0.15, 0.2) is 12.1 Å². The maximum absolute atomic E-state index is 11.2. The number of ether oxygens (including phenoxy) is 1. The number of carbonyl (C=O) groups excluding carboxylic acids is 2. The van der Waals surface area contributed by atoms with Crippen LogP contribution < -0.4 is 4.74 Å². The van der Waals surface area contributed by atoms with Crippen LogP contribution in [0.1, 0.15) is 34.6 Å². The van der Waals surface area contributed by atoms with E-state index >= 15 is 0 Å². The molecule has 90 valence electrons. The van der Waals surface area contributed by atoms with Crippen molar-refractivity contribution < 1.29 is 19.2 Å². The standard InChI is InChI=1S/C11H11NO5/c1-3-17-11-4-8(6-13)9(7(2)14)5-10(11)12(15)16/h4-6H,3H2,1-2H3. The second-order valence-electron chi connectivity index (χ2n) is 3.27. The van der Waals surface area contributed by atoms with Gasteiger partial charge in [-0.1, -0.05) is 0 Å². The molecule has 0 aromatic heterocycles. The maximum atomic E-state index is 11.2. The number of nitro groups is 1. The summed E-state index contributed by atoms with van der Waals surface area (Å²) in [5, 5.41) is 10.8. The first-order valence-corrected chi connectivity index (χ1v) is 4.92. The lowest BCUT2D eigenvalue weighted by molar-refractivity contribution is -0.385. The van der Waals surface area contributed by atoms with Crippen molar-refractivity contribution in [1.29, 1.82) is 0 Å². The summed E-state index contributed by atoms with van der Waals surface area (Å²) in [6.45, 7) is 3.15. The van der Waals surface area contributed by atoms with Crippen molar-refractivity contribution in [3.63, 3.8) is 0 Å². The van der Waals surface area contributed by atoms with Gasteiger partial charge in [-0.25, -0.2) is 0 Å². The third-order valence-electron chi connectivity index (χ3n) is 2.13. The Hall–Kier alpha value is -2.24. The van der Waals surface area contributed by atoms with E-state index in [1.807, 2.05) is 0 Å². The number of carbonyl (C=O) groups is 2. The van der Waals surface area contributed by atoms with E-state index in [-0.39, 0.29) is 29.2 Å². The molecule has 0 heterocycles. The van der Waals surface area contributed by atoms with Crippen molar-refractivity contribution in [3.8, 4) is 5.75 Å². The molecule has 0 fully saturated rings. The van der Waals surface area contributed by atoms with Crippen LogP contribution in [0.3, 0.4) is 0 Å². The van der Waals surface area contributed by atoms with Crippen LogP contribution in [0.2, 0.25) is 0 Å². The number of ketones is 1. The predicted molar refractivity (Wildman–Crippen MR) is 59.7 cm³/mol. The number of benzene rings is 1. The third kappa shape index (κ3) is 2.66. The molecule has 1 aromatic carbocycles. The van der Waals surface area contributed by atoms with E-state index in [0.717, 1.165) is 6.07 Å². The highest BCUT2D eigenvalue weighted by Gasteiger charge is 2.20. The molecule has 1 aromatic rings. The van der Waals surface area contributed by atoms with E-state index in [2.05, 4.69) is 0 Å². The minimum Gasteiger partial charge on any atom is -0.487 e. The molecule has 0 saturated heterocycles. The largest absolute Gasteiger partial charge is 0.487 e. The van der Waals surface area contributed by atoms with Crippen LogP contribution in [-0.4, -0.2) is 23.6 Å². The average Bonchev–Trinajstić information content (AvgIpc) is 2.28. The summed E-state index contributed by atoms with van der Waals surface area (Å²) in [6.07, 6.45) is 0.475. The van der Waals surface area contributed by atoms with Gasteiger partial charge < -0.3 is 4.74 Å². The van der Waals surface area contributed by atoms with Crippen molar-refractivity contribution in [2.24, 2.45) is 0 Å². The minimum atomic E-state index is -0.647. The molecule has 0 unspecified atom stereocenters. The lowest BCUT2D eigenvalue weighted by atomic mass is 10.0. The summed E-state index contributed by atoms with van der Waals surface area (Å²) in [5.41, 5.74) is -0.204. The quantitative estimate of drug-likeness (QED) is 0.338. The van der Waals surface area contributed by atoms with E-state index in [1.165, 1.54) is 13.0 Å². The fraction of sp³-hybridized carbons (Fsp3) is 0.273. The van der Waals surface area contributed by atoms with Gasteiger partial charge in [-0.05, 0) is 19.9 Å². The Morgan fingerprint density at radius 2 is 2.18 bits per heavy atom. The van der Waals surface area contributed by atoms with Gasteiger partial charge in [-0.2, -0.15) is 0 Å². The summed E-state index contributed by atoms with van der Waals surface area (Å²) in [5.74, 6) is -0.414.